The number of hydrogen-bond acceptors (Lipinski definition) is 3. The Morgan fingerprint density at radius 2 is 1.35 bits per heavy atom. The van der Waals surface area contributed by atoms with E-state index in [-0.39, 0.29) is 17.2 Å². The molecule has 0 saturated carbocycles. The van der Waals surface area contributed by atoms with Crippen molar-refractivity contribution in [2.75, 3.05) is 27.1 Å². The molecule has 3 nitrogen and oxygen atoms in total. The lowest BCUT2D eigenvalue weighted by atomic mass is 10.1. The Hall–Kier alpha value is 0.0969. The van der Waals surface area contributed by atoms with Crippen LogP contribution in [0.1, 0.15) is 72.1 Å². The molecule has 0 N–H and O–H groups in total. The highest BCUT2D eigenvalue weighted by molar-refractivity contribution is 6.26. The van der Waals surface area contributed by atoms with Crippen molar-refractivity contribution in [1.82, 2.24) is 0 Å². The minimum absolute atomic E-state index is 0. The third-order valence-corrected chi connectivity index (χ3v) is 4.72. The van der Waals surface area contributed by atoms with Gasteiger partial charge in [0.15, 0.2) is 9.76 Å². The molecule has 0 aromatic rings. The van der Waals surface area contributed by atoms with Crippen LogP contribution in [0.15, 0.2) is 0 Å². The van der Waals surface area contributed by atoms with Crippen LogP contribution in [0.4, 0.5) is 0 Å². The molecule has 20 heavy (non-hydrogen) atoms. The second kappa shape index (κ2) is 21.4. The van der Waals surface area contributed by atoms with Crippen molar-refractivity contribution in [3.8, 4) is 0 Å². The summed E-state index contributed by atoms with van der Waals surface area (Å²) in [6.45, 7) is 4.29. The van der Waals surface area contributed by atoms with E-state index in [9.17, 15) is 0 Å². The zero-order valence-electron chi connectivity index (χ0n) is 13.1. The summed E-state index contributed by atoms with van der Waals surface area (Å²) in [6, 6.07) is 1.37. The van der Waals surface area contributed by atoms with Crippen LogP contribution in [0.2, 0.25) is 6.04 Å². The van der Waals surface area contributed by atoms with E-state index in [0.717, 1.165) is 13.2 Å². The van der Waals surface area contributed by atoms with Gasteiger partial charge in [0, 0.05) is 20.3 Å². The Balaban J connectivity index is 0. The quantitative estimate of drug-likeness (QED) is 0.242. The Morgan fingerprint density at radius 3 is 1.90 bits per heavy atom. The predicted molar refractivity (Wildman–Crippen MR) is 91.1 cm³/mol. The summed E-state index contributed by atoms with van der Waals surface area (Å²) >= 11 is 0. The van der Waals surface area contributed by atoms with Gasteiger partial charge in [-0.15, -0.1) is 0 Å². The molecule has 124 valence electrons. The average molecular weight is 307 g/mol. The van der Waals surface area contributed by atoms with Gasteiger partial charge in [0.25, 0.3) is 0 Å². The van der Waals surface area contributed by atoms with Gasteiger partial charge in [-0.2, -0.15) is 0 Å². The lowest BCUT2D eigenvalue weighted by Crippen LogP contribution is -1.98. The molecule has 0 saturated heterocycles. The summed E-state index contributed by atoms with van der Waals surface area (Å²) < 4.78 is 15.5. The molecule has 0 aromatic heterocycles. The van der Waals surface area contributed by atoms with E-state index in [4.69, 9.17) is 13.9 Å². The molecule has 0 aliphatic rings. The van der Waals surface area contributed by atoms with E-state index in [0.29, 0.717) is 6.79 Å². The largest absolute Gasteiger partial charge is 0.424 e. The van der Waals surface area contributed by atoms with Crippen molar-refractivity contribution in [2.45, 2.75) is 78.2 Å². The van der Waals surface area contributed by atoms with Crippen molar-refractivity contribution >= 4 is 9.76 Å². The standard InChI is InChI=1S/C15H34O3Si.CH4/c1-3-18-19-14-12-10-8-6-4-5-7-9-11-13-17-15-16-2;/h3-15,19H2,1-2H3;1H4. The summed E-state index contributed by atoms with van der Waals surface area (Å²) in [5, 5.41) is 0. The molecule has 0 amide bonds. The minimum Gasteiger partial charge on any atom is -0.424 e. The van der Waals surface area contributed by atoms with Gasteiger partial charge in [0.2, 0.25) is 0 Å². The smallest absolute Gasteiger partial charge is 0.161 e. The van der Waals surface area contributed by atoms with Gasteiger partial charge < -0.3 is 13.9 Å². The van der Waals surface area contributed by atoms with E-state index in [1.54, 1.807) is 7.11 Å². The van der Waals surface area contributed by atoms with Gasteiger partial charge in [-0.3, -0.25) is 0 Å². The van der Waals surface area contributed by atoms with Crippen LogP contribution in [-0.4, -0.2) is 36.9 Å². The van der Waals surface area contributed by atoms with Crippen LogP contribution >= 0.6 is 0 Å². The summed E-state index contributed by atoms with van der Waals surface area (Å²) in [4.78, 5) is 0. The van der Waals surface area contributed by atoms with E-state index in [1.165, 1.54) is 63.8 Å². The molecule has 0 unspecified atom stereocenters. The first-order valence-corrected chi connectivity index (χ1v) is 9.64. The SMILES string of the molecule is C.CCO[SiH2]CCCCCCCCCCCOCOC. The molecule has 0 radical (unpaired) electrons. The Kier molecular flexibility index (Phi) is 23.9. The molecule has 0 aromatic carbocycles. The molecule has 0 bridgehead atoms. The zero-order chi connectivity index (χ0) is 14.0. The van der Waals surface area contributed by atoms with Gasteiger partial charge in [0.05, 0.1) is 0 Å². The zero-order valence-corrected chi connectivity index (χ0v) is 14.5. The van der Waals surface area contributed by atoms with Crippen LogP contribution < -0.4 is 0 Å². The van der Waals surface area contributed by atoms with Gasteiger partial charge in [0.1, 0.15) is 6.79 Å². The number of methoxy groups -OCH3 is 1. The Bertz CT molecular complexity index is 141. The highest BCUT2D eigenvalue weighted by atomic mass is 28.2. The molecule has 0 aliphatic carbocycles. The maximum Gasteiger partial charge on any atom is 0.161 e. The fraction of sp³-hybridized carbons (Fsp3) is 1.00. The summed E-state index contributed by atoms with van der Waals surface area (Å²) in [5.41, 5.74) is 0. The fourth-order valence-electron chi connectivity index (χ4n) is 2.11. The fourth-order valence-corrected chi connectivity index (χ4v) is 3.16. The third-order valence-electron chi connectivity index (χ3n) is 3.23. The molecule has 0 fully saturated rings. The van der Waals surface area contributed by atoms with Gasteiger partial charge >= 0.3 is 0 Å². The molecule has 0 aliphatic heterocycles. The normalized spacial score (nSPS) is 11.1. The van der Waals surface area contributed by atoms with Crippen molar-refractivity contribution in [1.29, 1.82) is 0 Å². The highest BCUT2D eigenvalue weighted by Crippen LogP contribution is 2.10. The van der Waals surface area contributed by atoms with Crippen molar-refractivity contribution in [3.63, 3.8) is 0 Å². The lowest BCUT2D eigenvalue weighted by Gasteiger charge is -2.04. The van der Waals surface area contributed by atoms with Crippen molar-refractivity contribution in [2.24, 2.45) is 0 Å². The van der Waals surface area contributed by atoms with Gasteiger partial charge in [-0.1, -0.05) is 58.8 Å². The first-order chi connectivity index (χ1) is 9.41. The molecular weight excluding hydrogens is 268 g/mol. The second-order valence-corrected chi connectivity index (χ2v) is 6.57. The van der Waals surface area contributed by atoms with E-state index in [2.05, 4.69) is 6.92 Å². The summed E-state index contributed by atoms with van der Waals surface area (Å²) in [6.07, 6.45) is 12.2. The molecule has 0 spiro atoms. The van der Waals surface area contributed by atoms with Crippen LogP contribution in [0, 0.1) is 0 Å². The topological polar surface area (TPSA) is 27.7 Å². The van der Waals surface area contributed by atoms with Gasteiger partial charge in [-0.25, -0.2) is 0 Å². The minimum atomic E-state index is -0.169. The number of hydrogen-bond donors (Lipinski definition) is 0. The molecular formula is C16H38O3Si. The van der Waals surface area contributed by atoms with E-state index < -0.39 is 0 Å². The third kappa shape index (κ3) is 20.4. The second-order valence-electron chi connectivity index (χ2n) is 5.05. The Morgan fingerprint density at radius 1 is 0.800 bits per heavy atom. The predicted octanol–water partition coefficient (Wildman–Crippen LogP) is 4.29. The average Bonchev–Trinajstić information content (AvgIpc) is 2.43. The summed E-state index contributed by atoms with van der Waals surface area (Å²) in [7, 11) is 1.50. The van der Waals surface area contributed by atoms with Gasteiger partial charge in [-0.05, 0) is 19.4 Å². The molecule has 4 heteroatoms. The van der Waals surface area contributed by atoms with Crippen LogP contribution in [-0.2, 0) is 13.9 Å². The number of rotatable bonds is 16. The number of unbranched alkanes of at least 4 members (excludes halogenated alkanes) is 8. The van der Waals surface area contributed by atoms with Crippen LogP contribution in [0.5, 0.6) is 0 Å². The van der Waals surface area contributed by atoms with Crippen molar-refractivity contribution in [3.05, 3.63) is 0 Å². The molecule has 0 atom stereocenters. The van der Waals surface area contributed by atoms with Crippen LogP contribution in [0.3, 0.4) is 0 Å². The first kappa shape index (κ1) is 22.4. The highest BCUT2D eigenvalue weighted by Gasteiger charge is 1.94. The van der Waals surface area contributed by atoms with Crippen molar-refractivity contribution < 1.29 is 13.9 Å². The van der Waals surface area contributed by atoms with E-state index in [1.807, 2.05) is 0 Å². The Labute approximate surface area is 129 Å². The number of ether oxygens (including phenoxy) is 2. The monoisotopic (exact) mass is 306 g/mol. The summed E-state index contributed by atoms with van der Waals surface area (Å²) in [5.74, 6) is 0. The van der Waals surface area contributed by atoms with Crippen LogP contribution in [0.25, 0.3) is 0 Å². The lowest BCUT2D eigenvalue weighted by molar-refractivity contribution is -0.0315. The maximum absolute atomic E-state index is 5.46. The van der Waals surface area contributed by atoms with E-state index >= 15 is 0 Å². The molecule has 0 heterocycles. The first-order valence-electron chi connectivity index (χ1n) is 8.06. The maximum atomic E-state index is 5.46. The molecule has 0 rings (SSSR count).